The number of amides is 1. The summed E-state index contributed by atoms with van der Waals surface area (Å²) in [6.45, 7) is 5.42. The molecule has 0 aliphatic carbocycles. The summed E-state index contributed by atoms with van der Waals surface area (Å²) in [5.41, 5.74) is 1.52. The number of nitrogens with zero attached hydrogens (tertiary/aromatic N) is 1. The van der Waals surface area contributed by atoms with Crippen molar-refractivity contribution >= 4 is 21.6 Å². The summed E-state index contributed by atoms with van der Waals surface area (Å²) in [5, 5.41) is 2.69. The van der Waals surface area contributed by atoms with Crippen molar-refractivity contribution in [2.45, 2.75) is 31.8 Å². The lowest BCUT2D eigenvalue weighted by Crippen LogP contribution is -2.34. The number of rotatable bonds is 7. The highest BCUT2D eigenvalue weighted by Gasteiger charge is 2.22. The molecular weight excluding hydrogens is 352 g/mol. The number of hydrogen-bond donors (Lipinski definition) is 1. The molecule has 1 amide bonds. The number of carbonyl (C=O) groups excluding carboxylic acids is 1. The van der Waals surface area contributed by atoms with Gasteiger partial charge in [-0.25, -0.2) is 8.42 Å². The molecule has 0 bridgehead atoms. The molecule has 0 fully saturated rings. The minimum atomic E-state index is -3.72. The first-order chi connectivity index (χ1) is 12.2. The normalized spacial score (nSPS) is 11.6. The molecular formula is C19H24N2O4S. The van der Waals surface area contributed by atoms with Crippen LogP contribution in [-0.4, -0.2) is 38.3 Å². The largest absolute Gasteiger partial charge is 0.491 e. The van der Waals surface area contributed by atoms with E-state index in [9.17, 15) is 13.2 Å². The number of carbonyl (C=O) groups is 1. The van der Waals surface area contributed by atoms with Crippen molar-refractivity contribution in [1.29, 1.82) is 0 Å². The van der Waals surface area contributed by atoms with E-state index in [1.165, 1.54) is 19.2 Å². The molecule has 2 aromatic carbocycles. The Kier molecular flexibility index (Phi) is 6.39. The molecule has 0 aliphatic heterocycles. The Bertz CT molecular complexity index is 861. The number of likely N-dealkylation sites (N-methyl/N-ethyl adjacent to an activating group) is 1. The Morgan fingerprint density at radius 2 is 1.81 bits per heavy atom. The van der Waals surface area contributed by atoms with Crippen molar-refractivity contribution < 1.29 is 17.9 Å². The van der Waals surface area contributed by atoms with Gasteiger partial charge in [0, 0.05) is 18.8 Å². The molecule has 7 heteroatoms. The number of ether oxygens (including phenoxy) is 1. The van der Waals surface area contributed by atoms with E-state index in [4.69, 9.17) is 4.74 Å². The number of hydrogen-bond acceptors (Lipinski definition) is 4. The maximum Gasteiger partial charge on any atom is 0.243 e. The number of nitrogens with one attached hydrogen (secondary N) is 1. The third-order valence-corrected chi connectivity index (χ3v) is 5.40. The van der Waals surface area contributed by atoms with Gasteiger partial charge in [0.25, 0.3) is 0 Å². The predicted octanol–water partition coefficient (Wildman–Crippen LogP) is 3.04. The van der Waals surface area contributed by atoms with Gasteiger partial charge in [-0.2, -0.15) is 4.31 Å². The molecule has 0 atom stereocenters. The number of aryl methyl sites for hydroxylation is 1. The van der Waals surface area contributed by atoms with Crippen molar-refractivity contribution in [2.24, 2.45) is 0 Å². The van der Waals surface area contributed by atoms with Crippen LogP contribution in [0.1, 0.15) is 19.4 Å². The van der Waals surface area contributed by atoms with Crippen LogP contribution >= 0.6 is 0 Å². The molecule has 0 aromatic heterocycles. The molecule has 26 heavy (non-hydrogen) atoms. The molecule has 0 saturated heterocycles. The molecule has 0 spiro atoms. The average Bonchev–Trinajstić information content (AvgIpc) is 2.54. The highest BCUT2D eigenvalue weighted by molar-refractivity contribution is 7.89. The van der Waals surface area contributed by atoms with Crippen molar-refractivity contribution in [3.63, 3.8) is 0 Å². The fourth-order valence-corrected chi connectivity index (χ4v) is 3.42. The molecule has 2 rings (SSSR count). The van der Waals surface area contributed by atoms with Gasteiger partial charge in [-0.05, 0) is 45.0 Å². The topological polar surface area (TPSA) is 75.7 Å². The van der Waals surface area contributed by atoms with Crippen LogP contribution in [-0.2, 0) is 14.8 Å². The Labute approximate surface area is 154 Å². The van der Waals surface area contributed by atoms with Crippen LogP contribution in [0.15, 0.2) is 53.4 Å². The Morgan fingerprint density at radius 3 is 2.42 bits per heavy atom. The van der Waals surface area contributed by atoms with Gasteiger partial charge in [-0.15, -0.1) is 0 Å². The molecule has 140 valence electrons. The minimum Gasteiger partial charge on any atom is -0.491 e. The second-order valence-corrected chi connectivity index (χ2v) is 8.36. The molecule has 6 nitrogen and oxygen atoms in total. The van der Waals surface area contributed by atoms with Gasteiger partial charge >= 0.3 is 0 Å². The van der Waals surface area contributed by atoms with Crippen LogP contribution in [0.3, 0.4) is 0 Å². The number of sulfonamides is 1. The second-order valence-electron chi connectivity index (χ2n) is 6.32. The summed E-state index contributed by atoms with van der Waals surface area (Å²) < 4.78 is 31.7. The summed E-state index contributed by atoms with van der Waals surface area (Å²) in [6.07, 6.45) is 0.0201. The first-order valence-corrected chi connectivity index (χ1v) is 9.72. The van der Waals surface area contributed by atoms with E-state index in [0.717, 1.165) is 9.87 Å². The van der Waals surface area contributed by atoms with E-state index >= 15 is 0 Å². The molecule has 0 saturated carbocycles. The van der Waals surface area contributed by atoms with Crippen LogP contribution < -0.4 is 10.1 Å². The van der Waals surface area contributed by atoms with Crippen LogP contribution in [0, 0.1) is 6.92 Å². The van der Waals surface area contributed by atoms with Crippen LogP contribution in [0.25, 0.3) is 0 Å². The summed E-state index contributed by atoms with van der Waals surface area (Å²) in [7, 11) is -2.34. The zero-order valence-corrected chi connectivity index (χ0v) is 16.2. The third kappa shape index (κ3) is 5.31. The highest BCUT2D eigenvalue weighted by atomic mass is 32.2. The van der Waals surface area contributed by atoms with Gasteiger partial charge in [0.1, 0.15) is 5.75 Å². The van der Waals surface area contributed by atoms with Gasteiger partial charge in [0.15, 0.2) is 0 Å². The lowest BCUT2D eigenvalue weighted by molar-refractivity contribution is -0.116. The Morgan fingerprint density at radius 1 is 1.15 bits per heavy atom. The average molecular weight is 376 g/mol. The second kappa shape index (κ2) is 8.33. The van der Waals surface area contributed by atoms with Gasteiger partial charge in [0.2, 0.25) is 15.9 Å². The van der Waals surface area contributed by atoms with E-state index in [-0.39, 0.29) is 17.5 Å². The molecule has 0 heterocycles. The SMILES string of the molecule is Cc1ccc(S(=O)(=O)N(C)CC(=O)Nc2cccc(OC(C)C)c2)cc1. The summed E-state index contributed by atoms with van der Waals surface area (Å²) in [4.78, 5) is 12.4. The van der Waals surface area contributed by atoms with E-state index in [0.29, 0.717) is 11.4 Å². The molecule has 0 aliphatic rings. The zero-order valence-electron chi connectivity index (χ0n) is 15.4. The highest BCUT2D eigenvalue weighted by Crippen LogP contribution is 2.19. The summed E-state index contributed by atoms with van der Waals surface area (Å²) in [5.74, 6) is 0.211. The minimum absolute atomic E-state index is 0.0201. The first kappa shape index (κ1) is 19.9. The lowest BCUT2D eigenvalue weighted by atomic mass is 10.2. The van der Waals surface area contributed by atoms with Crippen molar-refractivity contribution in [2.75, 3.05) is 18.9 Å². The maximum absolute atomic E-state index is 12.5. The first-order valence-electron chi connectivity index (χ1n) is 8.28. The number of benzene rings is 2. The summed E-state index contributed by atoms with van der Waals surface area (Å²) in [6, 6.07) is 13.5. The zero-order chi connectivity index (χ0) is 19.3. The van der Waals surface area contributed by atoms with Crippen molar-refractivity contribution in [3.05, 3.63) is 54.1 Å². The monoisotopic (exact) mass is 376 g/mol. The molecule has 0 unspecified atom stereocenters. The van der Waals surface area contributed by atoms with E-state index < -0.39 is 15.9 Å². The van der Waals surface area contributed by atoms with E-state index in [1.807, 2.05) is 20.8 Å². The third-order valence-electron chi connectivity index (χ3n) is 3.59. The van der Waals surface area contributed by atoms with Crippen molar-refractivity contribution in [1.82, 2.24) is 4.31 Å². The molecule has 2 aromatic rings. The van der Waals surface area contributed by atoms with Gasteiger partial charge in [0.05, 0.1) is 17.5 Å². The van der Waals surface area contributed by atoms with E-state index in [2.05, 4.69) is 5.32 Å². The van der Waals surface area contributed by atoms with E-state index in [1.54, 1.807) is 36.4 Å². The summed E-state index contributed by atoms with van der Waals surface area (Å²) >= 11 is 0. The molecule has 1 N–H and O–H groups in total. The fourth-order valence-electron chi connectivity index (χ4n) is 2.30. The van der Waals surface area contributed by atoms with Crippen LogP contribution in [0.5, 0.6) is 5.75 Å². The van der Waals surface area contributed by atoms with Crippen LogP contribution in [0.2, 0.25) is 0 Å². The standard InChI is InChI=1S/C19H24N2O4S/c1-14(2)25-17-7-5-6-16(12-17)20-19(22)13-21(4)26(23,24)18-10-8-15(3)9-11-18/h5-12,14H,13H2,1-4H3,(H,20,22). The predicted molar refractivity (Wildman–Crippen MR) is 102 cm³/mol. The Balaban J connectivity index is 2.04. The Hall–Kier alpha value is -2.38. The lowest BCUT2D eigenvalue weighted by Gasteiger charge is -2.17. The molecule has 0 radical (unpaired) electrons. The number of anilines is 1. The maximum atomic E-state index is 12.5. The van der Waals surface area contributed by atoms with Gasteiger partial charge in [-0.1, -0.05) is 23.8 Å². The smallest absolute Gasteiger partial charge is 0.243 e. The van der Waals surface area contributed by atoms with Gasteiger partial charge in [-0.3, -0.25) is 4.79 Å². The van der Waals surface area contributed by atoms with Gasteiger partial charge < -0.3 is 10.1 Å². The van der Waals surface area contributed by atoms with Crippen molar-refractivity contribution in [3.8, 4) is 5.75 Å². The van der Waals surface area contributed by atoms with Crippen LogP contribution in [0.4, 0.5) is 5.69 Å². The quantitative estimate of drug-likeness (QED) is 0.806. The fraction of sp³-hybridized carbons (Fsp3) is 0.316.